The molecule has 0 radical (unpaired) electrons. The third kappa shape index (κ3) is 3.32. The van der Waals surface area contributed by atoms with E-state index in [0.717, 1.165) is 26.7 Å². The minimum atomic E-state index is -1.03. The smallest absolute Gasteiger partial charge is 0.271 e. The molecule has 1 saturated heterocycles. The summed E-state index contributed by atoms with van der Waals surface area (Å²) in [4.78, 5) is 42.6. The van der Waals surface area contributed by atoms with Crippen LogP contribution in [0.1, 0.15) is 38.5 Å². The van der Waals surface area contributed by atoms with Crippen LogP contribution < -0.4 is 10.3 Å². The highest BCUT2D eigenvalue weighted by atomic mass is 79.9. The lowest BCUT2D eigenvalue weighted by Gasteiger charge is -2.52. The Morgan fingerprint density at radius 1 is 0.795 bits per heavy atom. The summed E-state index contributed by atoms with van der Waals surface area (Å²) in [6.07, 6.45) is 1.68. The van der Waals surface area contributed by atoms with Crippen molar-refractivity contribution >= 4 is 45.6 Å². The Morgan fingerprint density at radius 3 is 2.03 bits per heavy atom. The first-order valence-corrected chi connectivity index (χ1v) is 13.5. The van der Waals surface area contributed by atoms with Crippen LogP contribution in [0.15, 0.2) is 113 Å². The summed E-state index contributed by atoms with van der Waals surface area (Å²) in [5, 5.41) is 4.45. The number of imide groups is 1. The maximum absolute atomic E-state index is 14.3. The number of nitrogens with one attached hydrogen (secondary N) is 1. The Hall–Kier alpha value is -4.36. The van der Waals surface area contributed by atoms with Crippen molar-refractivity contribution in [1.82, 2.24) is 5.43 Å². The lowest BCUT2D eigenvalue weighted by atomic mass is 9.47. The topological polar surface area (TPSA) is 78.8 Å². The van der Waals surface area contributed by atoms with Crippen LogP contribution in [0.4, 0.5) is 5.69 Å². The fourth-order valence-electron chi connectivity index (χ4n) is 6.74. The molecule has 39 heavy (non-hydrogen) atoms. The summed E-state index contributed by atoms with van der Waals surface area (Å²) in [6.45, 7) is 0. The number of hydrazone groups is 1. The van der Waals surface area contributed by atoms with Crippen molar-refractivity contribution in [2.75, 3.05) is 4.90 Å². The lowest BCUT2D eigenvalue weighted by molar-refractivity contribution is -0.122. The van der Waals surface area contributed by atoms with Gasteiger partial charge < -0.3 is 0 Å². The third-order valence-corrected chi connectivity index (χ3v) is 8.77. The van der Waals surface area contributed by atoms with Crippen LogP contribution in [0.25, 0.3) is 0 Å². The van der Waals surface area contributed by atoms with Crippen LogP contribution in [-0.2, 0) is 15.0 Å². The summed E-state index contributed by atoms with van der Waals surface area (Å²) < 4.78 is 0.861. The normalized spacial score (nSPS) is 24.4. The number of hydrogen-bond acceptors (Lipinski definition) is 4. The monoisotopic (exact) mass is 575 g/mol. The van der Waals surface area contributed by atoms with E-state index >= 15 is 0 Å². The van der Waals surface area contributed by atoms with E-state index in [-0.39, 0.29) is 23.6 Å². The molecule has 4 aromatic carbocycles. The van der Waals surface area contributed by atoms with Gasteiger partial charge in [-0.05, 0) is 58.7 Å². The molecule has 2 bridgehead atoms. The molecule has 1 fully saturated rings. The Bertz CT molecular complexity index is 1640. The number of halogens is 1. The van der Waals surface area contributed by atoms with Gasteiger partial charge in [0, 0.05) is 22.2 Å². The molecule has 3 amide bonds. The van der Waals surface area contributed by atoms with E-state index in [1.54, 1.807) is 42.6 Å². The molecule has 1 N–H and O–H groups in total. The van der Waals surface area contributed by atoms with Crippen LogP contribution in [0.2, 0.25) is 0 Å². The van der Waals surface area contributed by atoms with Gasteiger partial charge in [0.1, 0.15) is 0 Å². The van der Waals surface area contributed by atoms with E-state index in [4.69, 9.17) is 0 Å². The summed E-state index contributed by atoms with van der Waals surface area (Å²) in [5.41, 5.74) is 6.54. The van der Waals surface area contributed by atoms with E-state index in [1.807, 2.05) is 66.7 Å². The first-order chi connectivity index (χ1) is 19.0. The average molecular weight is 576 g/mol. The highest BCUT2D eigenvalue weighted by Gasteiger charge is 2.68. The molecule has 7 heteroatoms. The molecule has 190 valence electrons. The molecule has 0 unspecified atom stereocenters. The van der Waals surface area contributed by atoms with Crippen molar-refractivity contribution in [3.63, 3.8) is 0 Å². The average Bonchev–Trinajstić information content (AvgIpc) is 3.25. The molecule has 4 aliphatic rings. The summed E-state index contributed by atoms with van der Waals surface area (Å²) >= 11 is 3.44. The fourth-order valence-corrected chi connectivity index (χ4v) is 7.01. The number of carbonyl (C=O) groups excluding carboxylic acids is 3. The van der Waals surface area contributed by atoms with Crippen LogP contribution in [-0.4, -0.2) is 23.9 Å². The largest absolute Gasteiger partial charge is 0.274 e. The Kier molecular flexibility index (Phi) is 5.39. The predicted octanol–water partition coefficient (Wildman–Crippen LogP) is 5.42. The second-order valence-corrected chi connectivity index (χ2v) is 11.0. The first-order valence-electron chi connectivity index (χ1n) is 12.7. The molecular formula is C32H22BrN3O3. The molecule has 1 heterocycles. The third-order valence-electron chi connectivity index (χ3n) is 8.24. The zero-order valence-corrected chi connectivity index (χ0v) is 22.2. The van der Waals surface area contributed by atoms with Gasteiger partial charge in [-0.3, -0.25) is 14.4 Å². The molecule has 2 atom stereocenters. The van der Waals surface area contributed by atoms with E-state index in [0.29, 0.717) is 11.3 Å². The van der Waals surface area contributed by atoms with Gasteiger partial charge in [-0.15, -0.1) is 0 Å². The molecule has 1 aliphatic heterocycles. The maximum atomic E-state index is 14.3. The summed E-state index contributed by atoms with van der Waals surface area (Å²) in [7, 11) is 0. The zero-order valence-electron chi connectivity index (χ0n) is 20.6. The standard InChI is InChI=1S/C32H22BrN3O3/c33-20-14-16-21(17-15-20)36-30(38)27-26-22-10-4-6-12-24(22)32(28(27)31(36)39,25-13-7-5-11-23(25)26)18-34-35-29(37)19-8-2-1-3-9-19/h1-18,26-28H,(H,35,37)/b34-18-/t26?,27-,28+,32?/m0/s1. The first kappa shape index (κ1) is 23.7. The highest BCUT2D eigenvalue weighted by molar-refractivity contribution is 9.10. The molecule has 0 saturated carbocycles. The maximum Gasteiger partial charge on any atom is 0.271 e. The Balaban J connectivity index is 1.41. The van der Waals surface area contributed by atoms with E-state index in [9.17, 15) is 14.4 Å². The number of carbonyl (C=O) groups is 3. The molecule has 0 spiro atoms. The van der Waals surface area contributed by atoms with Gasteiger partial charge in [0.15, 0.2) is 0 Å². The van der Waals surface area contributed by atoms with Gasteiger partial charge in [0.05, 0.1) is 22.9 Å². The van der Waals surface area contributed by atoms with E-state index < -0.39 is 17.3 Å². The second-order valence-electron chi connectivity index (χ2n) is 10.1. The van der Waals surface area contributed by atoms with Gasteiger partial charge in [-0.25, -0.2) is 10.3 Å². The van der Waals surface area contributed by atoms with Crippen molar-refractivity contribution in [1.29, 1.82) is 0 Å². The minimum absolute atomic E-state index is 0.215. The highest BCUT2D eigenvalue weighted by Crippen LogP contribution is 2.63. The Labute approximate surface area is 233 Å². The molecule has 0 aromatic heterocycles. The summed E-state index contributed by atoms with van der Waals surface area (Å²) in [6, 6.07) is 32.0. The van der Waals surface area contributed by atoms with Crippen LogP contribution in [0.5, 0.6) is 0 Å². The number of nitrogens with zero attached hydrogens (tertiary/aromatic N) is 2. The van der Waals surface area contributed by atoms with Crippen molar-refractivity contribution in [3.8, 4) is 0 Å². The molecular weight excluding hydrogens is 554 g/mol. The molecule has 4 aromatic rings. The SMILES string of the molecule is O=C(N/N=C\C12c3ccccc3C(c3ccccc31)[C@@H]1C(=O)N(c3ccc(Br)cc3)C(=O)[C@@H]12)c1ccccc1. The lowest BCUT2D eigenvalue weighted by Crippen LogP contribution is -2.54. The van der Waals surface area contributed by atoms with Gasteiger partial charge in [-0.1, -0.05) is 82.7 Å². The zero-order chi connectivity index (χ0) is 26.7. The number of amides is 3. The van der Waals surface area contributed by atoms with Crippen LogP contribution in [0, 0.1) is 11.8 Å². The molecule has 6 nitrogen and oxygen atoms in total. The van der Waals surface area contributed by atoms with Crippen molar-refractivity contribution in [2.24, 2.45) is 16.9 Å². The quantitative estimate of drug-likeness (QED) is 0.200. The van der Waals surface area contributed by atoms with Crippen molar-refractivity contribution < 1.29 is 14.4 Å². The molecule has 3 aliphatic carbocycles. The number of rotatable bonds is 4. The number of benzene rings is 4. The minimum Gasteiger partial charge on any atom is -0.274 e. The number of anilines is 1. The Morgan fingerprint density at radius 2 is 1.38 bits per heavy atom. The van der Waals surface area contributed by atoms with Crippen LogP contribution in [0.3, 0.4) is 0 Å². The van der Waals surface area contributed by atoms with Gasteiger partial charge in [0.2, 0.25) is 11.8 Å². The van der Waals surface area contributed by atoms with Gasteiger partial charge in [0.25, 0.3) is 5.91 Å². The van der Waals surface area contributed by atoms with Gasteiger partial charge in [-0.2, -0.15) is 5.10 Å². The van der Waals surface area contributed by atoms with Crippen molar-refractivity contribution in [2.45, 2.75) is 11.3 Å². The van der Waals surface area contributed by atoms with E-state index in [1.165, 1.54) is 4.90 Å². The van der Waals surface area contributed by atoms with Gasteiger partial charge >= 0.3 is 0 Å². The second kappa shape index (κ2) is 8.85. The van der Waals surface area contributed by atoms with E-state index in [2.05, 4.69) is 26.5 Å². The fraction of sp³-hybridized carbons (Fsp3) is 0.125. The molecule has 8 rings (SSSR count). The van der Waals surface area contributed by atoms with Crippen molar-refractivity contribution in [3.05, 3.63) is 135 Å². The van der Waals surface area contributed by atoms with Crippen LogP contribution >= 0.6 is 15.9 Å². The summed E-state index contributed by atoms with van der Waals surface area (Å²) in [5.74, 6) is -2.39. The predicted molar refractivity (Wildman–Crippen MR) is 152 cm³/mol. The number of hydrogen-bond donors (Lipinski definition) is 1.